The number of carboxylic acids is 1. The van der Waals surface area contributed by atoms with Crippen molar-refractivity contribution in [3.8, 4) is 5.75 Å². The van der Waals surface area contributed by atoms with Gasteiger partial charge in [-0.3, -0.25) is 4.90 Å². The zero-order chi connectivity index (χ0) is 21.8. The van der Waals surface area contributed by atoms with Gasteiger partial charge in [-0.1, -0.05) is 23.7 Å². The number of aromatic carboxylic acids is 1. The Kier molecular flexibility index (Phi) is 5.24. The summed E-state index contributed by atoms with van der Waals surface area (Å²) in [7, 11) is 0. The Morgan fingerprint density at radius 3 is 2.74 bits per heavy atom. The Bertz CT molecular complexity index is 990. The molecule has 0 spiro atoms. The van der Waals surface area contributed by atoms with Crippen LogP contribution in [0.2, 0.25) is 5.02 Å². The summed E-state index contributed by atoms with van der Waals surface area (Å²) in [6, 6.07) is 13.0. The van der Waals surface area contributed by atoms with Gasteiger partial charge in [0.15, 0.2) is 0 Å². The zero-order valence-corrected chi connectivity index (χ0v) is 18.6. The third-order valence-corrected chi connectivity index (χ3v) is 7.38. The number of hydrogen-bond donors (Lipinski definition) is 1. The minimum Gasteiger partial charge on any atom is -0.487 e. The molecule has 0 radical (unpaired) electrons. The van der Waals surface area contributed by atoms with Gasteiger partial charge < -0.3 is 14.6 Å². The van der Waals surface area contributed by atoms with Crippen LogP contribution in [0.4, 0.5) is 0 Å². The van der Waals surface area contributed by atoms with Crippen molar-refractivity contribution in [2.45, 2.75) is 51.0 Å². The molecular weight excluding hydrogens is 414 g/mol. The van der Waals surface area contributed by atoms with E-state index in [1.807, 2.05) is 30.3 Å². The second-order valence-corrected chi connectivity index (χ2v) is 10.0. The minimum atomic E-state index is -0.888. The first kappa shape index (κ1) is 20.8. The van der Waals surface area contributed by atoms with Crippen molar-refractivity contribution in [1.82, 2.24) is 4.90 Å². The van der Waals surface area contributed by atoms with Crippen LogP contribution in [0.25, 0.3) is 0 Å². The number of carboxylic acid groups (broad SMARTS) is 1. The maximum Gasteiger partial charge on any atom is 0.335 e. The van der Waals surface area contributed by atoms with Crippen LogP contribution >= 0.6 is 11.6 Å². The van der Waals surface area contributed by atoms with Crippen molar-refractivity contribution >= 4 is 17.6 Å². The van der Waals surface area contributed by atoms with Crippen LogP contribution in [0, 0.1) is 11.8 Å². The average molecular weight is 442 g/mol. The van der Waals surface area contributed by atoms with Crippen LogP contribution in [0.3, 0.4) is 0 Å². The number of hydrogen-bond acceptors (Lipinski definition) is 4. The summed E-state index contributed by atoms with van der Waals surface area (Å²) >= 11 is 6.29. The second-order valence-electron chi connectivity index (χ2n) is 9.61. The number of fused-ring (bicyclic) bond motifs is 4. The van der Waals surface area contributed by atoms with Gasteiger partial charge in [0.1, 0.15) is 11.4 Å². The molecule has 2 aromatic rings. The molecule has 6 heteroatoms. The smallest absolute Gasteiger partial charge is 0.335 e. The maximum atomic E-state index is 11.1. The number of halogens is 1. The van der Waals surface area contributed by atoms with Crippen molar-refractivity contribution in [2.24, 2.45) is 11.8 Å². The van der Waals surface area contributed by atoms with Crippen LogP contribution in [0.15, 0.2) is 42.5 Å². The first-order valence-corrected chi connectivity index (χ1v) is 11.4. The van der Waals surface area contributed by atoms with E-state index in [1.54, 1.807) is 12.1 Å². The van der Waals surface area contributed by atoms with Crippen molar-refractivity contribution < 1.29 is 19.4 Å². The highest BCUT2D eigenvalue weighted by molar-refractivity contribution is 6.30. The van der Waals surface area contributed by atoms with Crippen molar-refractivity contribution in [3.63, 3.8) is 0 Å². The SMILES string of the molecule is CC1(C)Oc2ccc(Cl)cc2[C@H]2O[C@H]3CCN(Cc4ccc(C(=O)O)cc4)C[C@@H]3C[C@@H]21. The summed E-state index contributed by atoms with van der Waals surface area (Å²) in [5, 5.41) is 9.82. The second kappa shape index (κ2) is 7.80. The fourth-order valence-electron chi connectivity index (χ4n) is 5.51. The topological polar surface area (TPSA) is 59.0 Å². The third kappa shape index (κ3) is 3.95. The molecule has 164 valence electrons. The zero-order valence-electron chi connectivity index (χ0n) is 17.9. The van der Waals surface area contributed by atoms with E-state index in [0.29, 0.717) is 11.5 Å². The number of ether oxygens (including phenoxy) is 2. The predicted molar refractivity (Wildman–Crippen MR) is 119 cm³/mol. The van der Waals surface area contributed by atoms with Crippen molar-refractivity contribution in [3.05, 3.63) is 64.2 Å². The number of rotatable bonds is 3. The molecule has 0 aliphatic carbocycles. The van der Waals surface area contributed by atoms with Gasteiger partial charge in [-0.05, 0) is 68.5 Å². The van der Waals surface area contributed by atoms with Gasteiger partial charge in [-0.25, -0.2) is 4.79 Å². The van der Waals surface area contributed by atoms with Gasteiger partial charge >= 0.3 is 5.97 Å². The van der Waals surface area contributed by atoms with Crippen LogP contribution in [0.1, 0.15) is 54.3 Å². The highest BCUT2D eigenvalue weighted by Gasteiger charge is 2.51. The molecule has 0 bridgehead atoms. The molecule has 3 heterocycles. The monoisotopic (exact) mass is 441 g/mol. The summed E-state index contributed by atoms with van der Waals surface area (Å²) in [6.07, 6.45) is 2.32. The number of carbonyl (C=O) groups is 1. The standard InChI is InChI=1S/C25H28ClNO4/c1-25(2)20-11-17-14-27(13-15-3-5-16(6-4-15)24(28)29)10-9-21(17)30-23(20)19-12-18(26)7-8-22(19)31-25/h3-8,12,17,20-21,23H,9-11,13-14H2,1-2H3,(H,28,29)/t17-,20-,21-,23+/m0/s1. The van der Waals surface area contributed by atoms with E-state index in [0.717, 1.165) is 54.4 Å². The van der Waals surface area contributed by atoms with Crippen molar-refractivity contribution in [1.29, 1.82) is 0 Å². The van der Waals surface area contributed by atoms with E-state index in [4.69, 9.17) is 26.2 Å². The Labute approximate surface area is 187 Å². The van der Waals surface area contributed by atoms with Crippen LogP contribution in [0.5, 0.6) is 5.75 Å². The van der Waals surface area contributed by atoms with E-state index < -0.39 is 5.97 Å². The molecule has 5 nitrogen and oxygen atoms in total. The predicted octanol–water partition coefficient (Wildman–Crippen LogP) is 5.18. The lowest BCUT2D eigenvalue weighted by Gasteiger charge is -2.53. The molecular formula is C25H28ClNO4. The van der Waals surface area contributed by atoms with Gasteiger partial charge in [0.2, 0.25) is 0 Å². The summed E-state index contributed by atoms with van der Waals surface area (Å²) in [6.45, 7) is 7.11. The summed E-state index contributed by atoms with van der Waals surface area (Å²) in [5.74, 6) is 0.726. The van der Waals surface area contributed by atoms with Gasteiger partial charge in [0, 0.05) is 36.1 Å². The summed E-state index contributed by atoms with van der Waals surface area (Å²) < 4.78 is 13.1. The van der Waals surface area contributed by atoms with E-state index in [2.05, 4.69) is 18.7 Å². The highest BCUT2D eigenvalue weighted by Crippen LogP contribution is 2.53. The van der Waals surface area contributed by atoms with E-state index in [9.17, 15) is 4.79 Å². The molecule has 0 saturated carbocycles. The summed E-state index contributed by atoms with van der Waals surface area (Å²) in [4.78, 5) is 13.5. The number of nitrogens with zero attached hydrogens (tertiary/aromatic N) is 1. The van der Waals surface area contributed by atoms with Crippen LogP contribution < -0.4 is 4.74 Å². The van der Waals surface area contributed by atoms with E-state index >= 15 is 0 Å². The molecule has 0 unspecified atom stereocenters. The van der Waals surface area contributed by atoms with Crippen molar-refractivity contribution in [2.75, 3.05) is 13.1 Å². The van der Waals surface area contributed by atoms with Crippen LogP contribution in [-0.4, -0.2) is 40.8 Å². The molecule has 5 rings (SSSR count). The van der Waals surface area contributed by atoms with Gasteiger partial charge in [-0.15, -0.1) is 0 Å². The van der Waals surface area contributed by atoms with E-state index in [1.165, 1.54) is 0 Å². The average Bonchev–Trinajstić information content (AvgIpc) is 2.74. The lowest BCUT2D eigenvalue weighted by Crippen LogP contribution is -2.55. The fourth-order valence-corrected chi connectivity index (χ4v) is 5.69. The molecule has 31 heavy (non-hydrogen) atoms. The van der Waals surface area contributed by atoms with Crippen LogP contribution in [-0.2, 0) is 11.3 Å². The Hall–Kier alpha value is -2.08. The first-order chi connectivity index (χ1) is 14.8. The Morgan fingerprint density at radius 2 is 2.00 bits per heavy atom. The number of piperidine rings is 1. The molecule has 3 aliphatic rings. The molecule has 2 aromatic carbocycles. The molecule has 4 atom stereocenters. The Morgan fingerprint density at radius 1 is 1.23 bits per heavy atom. The largest absolute Gasteiger partial charge is 0.487 e. The van der Waals surface area contributed by atoms with E-state index in [-0.39, 0.29) is 23.7 Å². The number of benzene rings is 2. The molecule has 3 aliphatic heterocycles. The minimum absolute atomic E-state index is 0.0220. The molecule has 0 amide bonds. The molecule has 0 aromatic heterocycles. The fraction of sp³-hybridized carbons (Fsp3) is 0.480. The van der Waals surface area contributed by atoms with Gasteiger partial charge in [-0.2, -0.15) is 0 Å². The lowest BCUT2D eigenvalue weighted by atomic mass is 9.70. The molecule has 2 saturated heterocycles. The quantitative estimate of drug-likeness (QED) is 0.711. The van der Waals surface area contributed by atoms with Gasteiger partial charge in [0.05, 0.1) is 17.8 Å². The van der Waals surface area contributed by atoms with Gasteiger partial charge in [0.25, 0.3) is 0 Å². The normalized spacial score (nSPS) is 29.3. The molecule has 2 fully saturated rings. The lowest BCUT2D eigenvalue weighted by molar-refractivity contribution is -0.187. The third-order valence-electron chi connectivity index (χ3n) is 7.14. The summed E-state index contributed by atoms with van der Waals surface area (Å²) in [5.41, 5.74) is 2.25. The maximum absolute atomic E-state index is 11.1. The molecule has 1 N–H and O–H groups in total. The first-order valence-electron chi connectivity index (χ1n) is 11.0. The number of likely N-dealkylation sites (tertiary alicyclic amines) is 1. The highest BCUT2D eigenvalue weighted by atomic mass is 35.5. The Balaban J connectivity index is 1.31.